The fourth-order valence-corrected chi connectivity index (χ4v) is 4.35. The summed E-state index contributed by atoms with van der Waals surface area (Å²) in [4.78, 5) is 15.5. The van der Waals surface area contributed by atoms with Gasteiger partial charge in [-0.3, -0.25) is 4.79 Å². The van der Waals surface area contributed by atoms with E-state index < -0.39 is 5.76 Å². The Morgan fingerprint density at radius 2 is 1.70 bits per heavy atom. The number of alkyl halides is 2. The minimum atomic E-state index is -2.45. The van der Waals surface area contributed by atoms with E-state index in [4.69, 9.17) is 9.47 Å². The zero-order valence-corrected chi connectivity index (χ0v) is 17.2. The Morgan fingerprint density at radius 3 is 2.37 bits per heavy atom. The molecule has 160 valence electrons. The molecule has 0 atom stereocenters. The van der Waals surface area contributed by atoms with Crippen LogP contribution in [-0.2, 0) is 9.47 Å². The average Bonchev–Trinajstić information content (AvgIpc) is 3.30. The lowest BCUT2D eigenvalue weighted by atomic mass is 9.95. The number of rotatable bonds is 6. The van der Waals surface area contributed by atoms with Crippen LogP contribution in [0.5, 0.6) is 0 Å². The smallest absolute Gasteiger partial charge is 0.288 e. The van der Waals surface area contributed by atoms with Gasteiger partial charge in [0, 0.05) is 29.6 Å². The Hall–Kier alpha value is -2.16. The summed E-state index contributed by atoms with van der Waals surface area (Å²) in [5, 5.41) is 3.24. The molecule has 2 aromatic rings. The summed E-state index contributed by atoms with van der Waals surface area (Å²) in [5.41, 5.74) is 2.03. The summed E-state index contributed by atoms with van der Waals surface area (Å²) >= 11 is 0.510. The molecule has 8 heteroatoms. The minimum Gasteiger partial charge on any atom is -0.355 e. The Labute approximate surface area is 178 Å². The lowest BCUT2D eigenvalue weighted by Gasteiger charge is -2.34. The standard InChI is InChI=1S/C22H24F2N2O3S/c23-22(24)30-17-7-5-16(6-8-17)25-19-4-2-1-3-18(19)20(27)26-11-9-15(10-12-26)21-28-13-14-29-21/h1-8,15,21-22,25H,9-14H2. The Kier molecular flexibility index (Phi) is 6.86. The Bertz CT molecular complexity index is 852. The molecule has 0 saturated carbocycles. The molecular weight excluding hydrogens is 410 g/mol. The van der Waals surface area contributed by atoms with Gasteiger partial charge in [0.15, 0.2) is 6.29 Å². The molecule has 30 heavy (non-hydrogen) atoms. The van der Waals surface area contributed by atoms with Crippen LogP contribution in [-0.4, -0.2) is 49.2 Å². The first-order chi connectivity index (χ1) is 14.6. The van der Waals surface area contributed by atoms with Crippen LogP contribution in [0.15, 0.2) is 53.4 Å². The maximum Gasteiger partial charge on any atom is 0.288 e. The topological polar surface area (TPSA) is 50.8 Å². The van der Waals surface area contributed by atoms with Crippen molar-refractivity contribution in [1.82, 2.24) is 4.90 Å². The molecule has 4 rings (SSSR count). The number of carbonyl (C=O) groups is 1. The third-order valence-corrected chi connectivity index (χ3v) is 6.10. The number of thioether (sulfide) groups is 1. The van der Waals surface area contributed by atoms with Crippen molar-refractivity contribution in [2.45, 2.75) is 29.8 Å². The largest absolute Gasteiger partial charge is 0.355 e. The molecule has 1 N–H and O–H groups in total. The number of hydrogen-bond donors (Lipinski definition) is 1. The van der Waals surface area contributed by atoms with Crippen molar-refractivity contribution in [2.24, 2.45) is 5.92 Å². The highest BCUT2D eigenvalue weighted by Crippen LogP contribution is 2.30. The third-order valence-electron chi connectivity index (χ3n) is 5.38. The van der Waals surface area contributed by atoms with Crippen molar-refractivity contribution in [3.05, 3.63) is 54.1 Å². The average molecular weight is 435 g/mol. The number of hydrogen-bond acceptors (Lipinski definition) is 5. The van der Waals surface area contributed by atoms with Crippen LogP contribution in [0.4, 0.5) is 20.2 Å². The molecule has 0 aromatic heterocycles. The molecule has 5 nitrogen and oxygen atoms in total. The third kappa shape index (κ3) is 5.11. The van der Waals surface area contributed by atoms with Crippen molar-refractivity contribution in [3.8, 4) is 0 Å². The van der Waals surface area contributed by atoms with Gasteiger partial charge in [0.05, 0.1) is 24.5 Å². The molecular formula is C22H24F2N2O3S. The minimum absolute atomic E-state index is 0.0188. The lowest BCUT2D eigenvalue weighted by molar-refractivity contribution is -0.0956. The first-order valence-electron chi connectivity index (χ1n) is 10.0. The van der Waals surface area contributed by atoms with Gasteiger partial charge in [-0.25, -0.2) is 0 Å². The lowest BCUT2D eigenvalue weighted by Crippen LogP contribution is -2.41. The molecule has 0 radical (unpaired) electrons. The number of halogens is 2. The number of amides is 1. The molecule has 2 aliphatic heterocycles. The highest BCUT2D eigenvalue weighted by atomic mass is 32.2. The number of para-hydroxylation sites is 1. The summed E-state index contributed by atoms with van der Waals surface area (Å²) < 4.78 is 36.2. The normalized spacial score (nSPS) is 18.2. The molecule has 2 saturated heterocycles. The van der Waals surface area contributed by atoms with Crippen molar-refractivity contribution >= 4 is 29.0 Å². The summed E-state index contributed by atoms with van der Waals surface area (Å²) in [5.74, 6) is -2.14. The molecule has 0 bridgehead atoms. The second kappa shape index (κ2) is 9.76. The van der Waals surface area contributed by atoms with E-state index in [2.05, 4.69) is 5.32 Å². The quantitative estimate of drug-likeness (QED) is 0.651. The summed E-state index contributed by atoms with van der Waals surface area (Å²) in [6, 6.07) is 14.1. The highest BCUT2D eigenvalue weighted by molar-refractivity contribution is 7.99. The summed E-state index contributed by atoms with van der Waals surface area (Å²) in [7, 11) is 0. The van der Waals surface area contributed by atoms with Crippen molar-refractivity contribution in [2.75, 3.05) is 31.6 Å². The molecule has 0 aliphatic carbocycles. The van der Waals surface area contributed by atoms with E-state index in [9.17, 15) is 13.6 Å². The fraction of sp³-hybridized carbons (Fsp3) is 0.409. The monoisotopic (exact) mass is 434 g/mol. The van der Waals surface area contributed by atoms with Gasteiger partial charge in [0.1, 0.15) is 0 Å². The van der Waals surface area contributed by atoms with E-state index in [1.807, 2.05) is 23.1 Å². The predicted molar refractivity (Wildman–Crippen MR) is 112 cm³/mol. The van der Waals surface area contributed by atoms with Gasteiger partial charge in [-0.05, 0) is 49.2 Å². The molecule has 0 unspecified atom stereocenters. The first-order valence-corrected chi connectivity index (χ1v) is 10.9. The van der Waals surface area contributed by atoms with E-state index in [-0.39, 0.29) is 12.2 Å². The van der Waals surface area contributed by atoms with Gasteiger partial charge in [0.25, 0.3) is 11.7 Å². The number of benzene rings is 2. The highest BCUT2D eigenvalue weighted by Gasteiger charge is 2.32. The Balaban J connectivity index is 1.41. The van der Waals surface area contributed by atoms with Crippen LogP contribution in [0.1, 0.15) is 23.2 Å². The predicted octanol–water partition coefficient (Wildman–Crippen LogP) is 4.97. The van der Waals surface area contributed by atoms with Gasteiger partial charge in [-0.2, -0.15) is 8.78 Å². The summed E-state index contributed by atoms with van der Waals surface area (Å²) in [6.07, 6.45) is 1.58. The SMILES string of the molecule is O=C(c1ccccc1Nc1ccc(SC(F)F)cc1)N1CCC(C2OCCO2)CC1. The van der Waals surface area contributed by atoms with Gasteiger partial charge in [-0.1, -0.05) is 23.9 Å². The van der Waals surface area contributed by atoms with E-state index in [0.717, 1.165) is 18.5 Å². The maximum atomic E-state index is 13.2. The molecule has 2 fully saturated rings. The molecule has 1 amide bonds. The van der Waals surface area contributed by atoms with Crippen LogP contribution >= 0.6 is 11.8 Å². The first kappa shape index (κ1) is 21.1. The van der Waals surface area contributed by atoms with Gasteiger partial charge in [0.2, 0.25) is 0 Å². The van der Waals surface area contributed by atoms with Crippen LogP contribution in [0, 0.1) is 5.92 Å². The van der Waals surface area contributed by atoms with E-state index in [1.54, 1.807) is 30.3 Å². The van der Waals surface area contributed by atoms with E-state index in [1.165, 1.54) is 0 Å². The van der Waals surface area contributed by atoms with Crippen LogP contribution < -0.4 is 5.32 Å². The maximum absolute atomic E-state index is 13.2. The summed E-state index contributed by atoms with van der Waals surface area (Å²) in [6.45, 7) is 2.62. The van der Waals surface area contributed by atoms with Crippen LogP contribution in [0.25, 0.3) is 0 Å². The second-order valence-corrected chi connectivity index (χ2v) is 8.38. The number of piperidine rings is 1. The van der Waals surface area contributed by atoms with Gasteiger partial charge < -0.3 is 19.7 Å². The van der Waals surface area contributed by atoms with Gasteiger partial charge in [-0.15, -0.1) is 0 Å². The molecule has 2 heterocycles. The van der Waals surface area contributed by atoms with Gasteiger partial charge >= 0.3 is 0 Å². The van der Waals surface area contributed by atoms with Crippen molar-refractivity contribution < 1.29 is 23.0 Å². The van der Waals surface area contributed by atoms with Crippen LogP contribution in [0.2, 0.25) is 0 Å². The zero-order chi connectivity index (χ0) is 20.9. The Morgan fingerprint density at radius 1 is 1.03 bits per heavy atom. The number of nitrogens with one attached hydrogen (secondary N) is 1. The van der Waals surface area contributed by atoms with E-state index >= 15 is 0 Å². The molecule has 2 aliphatic rings. The second-order valence-electron chi connectivity index (χ2n) is 7.31. The zero-order valence-electron chi connectivity index (χ0n) is 16.4. The molecule has 2 aromatic carbocycles. The van der Waals surface area contributed by atoms with Crippen molar-refractivity contribution in [1.29, 1.82) is 0 Å². The number of anilines is 2. The number of carbonyl (C=O) groups excluding carboxylic acids is 1. The molecule has 0 spiro atoms. The number of likely N-dealkylation sites (tertiary alicyclic amines) is 1. The fourth-order valence-electron chi connectivity index (χ4n) is 3.85. The van der Waals surface area contributed by atoms with E-state index in [0.29, 0.717) is 60.1 Å². The van der Waals surface area contributed by atoms with Crippen LogP contribution in [0.3, 0.4) is 0 Å². The number of nitrogens with zero attached hydrogens (tertiary/aromatic N) is 1. The number of ether oxygens (including phenoxy) is 2. The van der Waals surface area contributed by atoms with Crippen molar-refractivity contribution in [3.63, 3.8) is 0 Å².